The normalized spacial score (nSPS) is 10.5. The van der Waals surface area contributed by atoms with Crippen LogP contribution in [0.15, 0.2) is 22.6 Å². The largest absolute Gasteiger partial charge is 0.433 e. The summed E-state index contributed by atoms with van der Waals surface area (Å²) in [5, 5.41) is 22.6. The minimum absolute atomic E-state index is 0.137. The van der Waals surface area contributed by atoms with Gasteiger partial charge in [0.1, 0.15) is 21.8 Å². The highest BCUT2D eigenvalue weighted by molar-refractivity contribution is 7.18. The lowest BCUT2D eigenvalue weighted by Crippen LogP contribution is -2.21. The van der Waals surface area contributed by atoms with Gasteiger partial charge in [-0.3, -0.25) is 19.7 Å². The predicted molar refractivity (Wildman–Crippen MR) is 94.8 cm³/mol. The van der Waals surface area contributed by atoms with E-state index in [1.165, 1.54) is 23.1 Å². The van der Waals surface area contributed by atoms with Gasteiger partial charge in [0, 0.05) is 20.2 Å². The number of thiophene rings is 1. The maximum absolute atomic E-state index is 12.1. The number of nitriles is 1. The third-order valence-corrected chi connectivity index (χ3v) is 4.48. The maximum atomic E-state index is 12.1. The standard InChI is InChI=1S/C16H14N4O5S/c1-9-11(8-17)15(26-14(9)16(22)19(2)3)18-12(21)6-4-10-5-7-13(25-10)20(23)24/h4-7H,1-3H3,(H,18,21)/b6-4+. The number of nitrogens with zero attached hydrogens (tertiary/aromatic N) is 3. The van der Waals surface area contributed by atoms with Crippen LogP contribution in [0.1, 0.15) is 26.6 Å². The molecule has 9 nitrogen and oxygen atoms in total. The Morgan fingerprint density at radius 2 is 2.12 bits per heavy atom. The summed E-state index contributed by atoms with van der Waals surface area (Å²) in [6.45, 7) is 1.64. The Morgan fingerprint density at radius 3 is 2.65 bits per heavy atom. The molecule has 0 aliphatic rings. The molecule has 0 bridgehead atoms. The summed E-state index contributed by atoms with van der Waals surface area (Å²) in [6.07, 6.45) is 2.38. The summed E-state index contributed by atoms with van der Waals surface area (Å²) in [5.41, 5.74) is 0.715. The zero-order valence-electron chi connectivity index (χ0n) is 14.1. The van der Waals surface area contributed by atoms with Gasteiger partial charge in [0.25, 0.3) is 5.91 Å². The highest BCUT2D eigenvalue weighted by atomic mass is 32.1. The first-order chi connectivity index (χ1) is 12.2. The Morgan fingerprint density at radius 1 is 1.42 bits per heavy atom. The Labute approximate surface area is 152 Å². The Hall–Kier alpha value is -3.45. The second-order valence-electron chi connectivity index (χ2n) is 5.33. The van der Waals surface area contributed by atoms with E-state index in [0.717, 1.165) is 17.4 Å². The molecule has 0 radical (unpaired) electrons. The van der Waals surface area contributed by atoms with Crippen molar-refractivity contribution in [2.75, 3.05) is 19.4 Å². The number of carbonyl (C=O) groups excluding carboxylic acids is 2. The van der Waals surface area contributed by atoms with E-state index in [4.69, 9.17) is 4.42 Å². The lowest BCUT2D eigenvalue weighted by molar-refractivity contribution is -0.402. The van der Waals surface area contributed by atoms with Crippen molar-refractivity contribution in [3.8, 4) is 6.07 Å². The van der Waals surface area contributed by atoms with Crippen LogP contribution in [-0.2, 0) is 4.79 Å². The summed E-state index contributed by atoms with van der Waals surface area (Å²) in [7, 11) is 3.19. The number of carbonyl (C=O) groups is 2. The molecule has 0 saturated carbocycles. The molecule has 0 saturated heterocycles. The van der Waals surface area contributed by atoms with Crippen molar-refractivity contribution in [3.05, 3.63) is 50.1 Å². The minimum Gasteiger partial charge on any atom is -0.401 e. The molecule has 0 fully saturated rings. The van der Waals surface area contributed by atoms with E-state index in [-0.39, 0.29) is 22.2 Å². The smallest absolute Gasteiger partial charge is 0.401 e. The van der Waals surface area contributed by atoms with Gasteiger partial charge in [0.2, 0.25) is 5.91 Å². The van der Waals surface area contributed by atoms with Crippen molar-refractivity contribution in [1.29, 1.82) is 5.26 Å². The van der Waals surface area contributed by atoms with Crippen molar-refractivity contribution in [3.63, 3.8) is 0 Å². The van der Waals surface area contributed by atoms with E-state index in [9.17, 15) is 25.0 Å². The SMILES string of the molecule is Cc1c(C(=O)N(C)C)sc(NC(=O)/C=C/c2ccc([N+](=O)[O-])o2)c1C#N. The van der Waals surface area contributed by atoms with E-state index in [1.54, 1.807) is 21.0 Å². The number of furan rings is 1. The molecule has 10 heteroatoms. The van der Waals surface area contributed by atoms with Gasteiger partial charge in [-0.25, -0.2) is 0 Å². The second-order valence-corrected chi connectivity index (χ2v) is 6.35. The quantitative estimate of drug-likeness (QED) is 0.486. The van der Waals surface area contributed by atoms with E-state index in [1.807, 2.05) is 6.07 Å². The van der Waals surface area contributed by atoms with Crippen LogP contribution in [0.25, 0.3) is 6.08 Å². The molecule has 0 atom stereocenters. The lowest BCUT2D eigenvalue weighted by Gasteiger charge is -2.08. The highest BCUT2D eigenvalue weighted by Crippen LogP contribution is 2.33. The van der Waals surface area contributed by atoms with Crippen LogP contribution in [-0.4, -0.2) is 35.7 Å². The van der Waals surface area contributed by atoms with Crippen LogP contribution < -0.4 is 5.32 Å². The lowest BCUT2D eigenvalue weighted by atomic mass is 10.1. The molecule has 134 valence electrons. The number of amides is 2. The summed E-state index contributed by atoms with van der Waals surface area (Å²) < 4.78 is 4.91. The third-order valence-electron chi connectivity index (χ3n) is 3.29. The number of hydrogen-bond acceptors (Lipinski definition) is 7. The van der Waals surface area contributed by atoms with E-state index in [2.05, 4.69) is 5.32 Å². The number of anilines is 1. The summed E-state index contributed by atoms with van der Waals surface area (Å²) in [5.74, 6) is -1.12. The molecule has 0 aromatic carbocycles. The summed E-state index contributed by atoms with van der Waals surface area (Å²) in [6, 6.07) is 4.51. The number of nitro groups is 1. The van der Waals surface area contributed by atoms with Crippen molar-refractivity contribution in [1.82, 2.24) is 4.90 Å². The van der Waals surface area contributed by atoms with E-state index < -0.39 is 16.7 Å². The first-order valence-corrected chi connectivity index (χ1v) is 8.04. The molecule has 1 N–H and O–H groups in total. The van der Waals surface area contributed by atoms with Gasteiger partial charge in [0.05, 0.1) is 16.5 Å². The van der Waals surface area contributed by atoms with Crippen LogP contribution in [0, 0.1) is 28.4 Å². The molecule has 2 aromatic rings. The first-order valence-electron chi connectivity index (χ1n) is 7.23. The van der Waals surface area contributed by atoms with E-state index in [0.29, 0.717) is 10.4 Å². The van der Waals surface area contributed by atoms with Crippen LogP contribution >= 0.6 is 11.3 Å². The van der Waals surface area contributed by atoms with Crippen molar-refractivity contribution < 1.29 is 18.9 Å². The van der Waals surface area contributed by atoms with Gasteiger partial charge in [-0.05, 0) is 24.6 Å². The van der Waals surface area contributed by atoms with E-state index >= 15 is 0 Å². The van der Waals surface area contributed by atoms with Crippen molar-refractivity contribution >= 4 is 40.1 Å². The fraction of sp³-hybridized carbons (Fsp3) is 0.188. The topological polar surface area (TPSA) is 129 Å². The van der Waals surface area contributed by atoms with Gasteiger partial charge >= 0.3 is 5.88 Å². The Balaban J connectivity index is 2.19. The van der Waals surface area contributed by atoms with Gasteiger partial charge in [-0.2, -0.15) is 5.26 Å². The number of rotatable bonds is 5. The number of nitrogens with one attached hydrogen (secondary N) is 1. The number of hydrogen-bond donors (Lipinski definition) is 1. The fourth-order valence-electron chi connectivity index (χ4n) is 1.98. The molecule has 26 heavy (non-hydrogen) atoms. The van der Waals surface area contributed by atoms with Crippen LogP contribution in [0.2, 0.25) is 0 Å². The Kier molecular flexibility index (Phi) is 5.54. The molecule has 0 aliphatic heterocycles. The fourth-order valence-corrected chi connectivity index (χ4v) is 3.17. The van der Waals surface area contributed by atoms with Crippen LogP contribution in [0.4, 0.5) is 10.9 Å². The first kappa shape index (κ1) is 18.9. The molecule has 2 aromatic heterocycles. The van der Waals surface area contributed by atoms with Gasteiger partial charge in [-0.1, -0.05) is 0 Å². The molecule has 2 rings (SSSR count). The summed E-state index contributed by atoms with van der Waals surface area (Å²) in [4.78, 5) is 35.8. The van der Waals surface area contributed by atoms with Crippen LogP contribution in [0.3, 0.4) is 0 Å². The average molecular weight is 374 g/mol. The predicted octanol–water partition coefficient (Wildman–Crippen LogP) is 2.78. The third kappa shape index (κ3) is 3.96. The minimum atomic E-state index is -0.686. The van der Waals surface area contributed by atoms with Crippen molar-refractivity contribution in [2.45, 2.75) is 6.92 Å². The molecule has 0 unspecified atom stereocenters. The van der Waals surface area contributed by atoms with Crippen molar-refractivity contribution in [2.24, 2.45) is 0 Å². The molecule has 0 spiro atoms. The monoisotopic (exact) mass is 374 g/mol. The average Bonchev–Trinajstić information content (AvgIpc) is 3.17. The molecule has 0 aliphatic carbocycles. The Bertz CT molecular complexity index is 948. The second kappa shape index (κ2) is 7.62. The molecular weight excluding hydrogens is 360 g/mol. The molecule has 2 heterocycles. The molecular formula is C16H14N4O5S. The zero-order valence-corrected chi connectivity index (χ0v) is 14.9. The van der Waals surface area contributed by atoms with Gasteiger partial charge in [0.15, 0.2) is 0 Å². The highest BCUT2D eigenvalue weighted by Gasteiger charge is 2.22. The van der Waals surface area contributed by atoms with Crippen LogP contribution in [0.5, 0.6) is 0 Å². The summed E-state index contributed by atoms with van der Waals surface area (Å²) >= 11 is 1.01. The van der Waals surface area contributed by atoms with Gasteiger partial charge in [-0.15, -0.1) is 11.3 Å². The maximum Gasteiger partial charge on any atom is 0.433 e. The zero-order chi connectivity index (χ0) is 19.4. The van der Waals surface area contributed by atoms with Gasteiger partial charge < -0.3 is 14.6 Å². The molecule has 2 amide bonds.